The average Bonchev–Trinajstić information content (AvgIpc) is 2.14. The van der Waals surface area contributed by atoms with Crippen LogP contribution in [0.1, 0.15) is 12.5 Å². The van der Waals surface area contributed by atoms with Gasteiger partial charge in [0.2, 0.25) is 0 Å². The highest BCUT2D eigenvalue weighted by Gasteiger charge is 1.97. The summed E-state index contributed by atoms with van der Waals surface area (Å²) in [6, 6.07) is 4.56. The van der Waals surface area contributed by atoms with Crippen LogP contribution in [0, 0.1) is 9.39 Å². The average molecular weight is 320 g/mol. The van der Waals surface area contributed by atoms with Crippen LogP contribution in [0.15, 0.2) is 24.3 Å². The molecule has 0 heterocycles. The second-order valence-corrected chi connectivity index (χ2v) is 4.03. The van der Waals surface area contributed by atoms with Gasteiger partial charge in [0.25, 0.3) is 0 Å². The maximum Gasteiger partial charge on any atom is 0.330 e. The molecule has 0 bridgehead atoms. The summed E-state index contributed by atoms with van der Waals surface area (Å²) in [7, 11) is 0. The fourth-order valence-corrected chi connectivity index (χ4v) is 1.68. The van der Waals surface area contributed by atoms with E-state index in [9.17, 15) is 9.18 Å². The summed E-state index contributed by atoms with van der Waals surface area (Å²) in [6.07, 6.45) is 2.82. The summed E-state index contributed by atoms with van der Waals surface area (Å²) in [6.45, 7) is 2.07. The van der Waals surface area contributed by atoms with Crippen LogP contribution in [0.4, 0.5) is 4.39 Å². The molecule has 0 spiro atoms. The fourth-order valence-electron chi connectivity index (χ4n) is 1.03. The smallest absolute Gasteiger partial charge is 0.330 e. The highest BCUT2D eigenvalue weighted by molar-refractivity contribution is 14.1. The molecule has 0 aromatic heterocycles. The predicted octanol–water partition coefficient (Wildman–Crippen LogP) is 3.01. The van der Waals surface area contributed by atoms with Crippen LogP contribution in [0.3, 0.4) is 0 Å². The first-order valence-electron chi connectivity index (χ1n) is 4.42. The first kappa shape index (κ1) is 12.2. The minimum absolute atomic E-state index is 0.314. The maximum absolute atomic E-state index is 12.9. The van der Waals surface area contributed by atoms with Crippen molar-refractivity contribution in [1.29, 1.82) is 0 Å². The van der Waals surface area contributed by atoms with Gasteiger partial charge in [0.1, 0.15) is 5.82 Å². The van der Waals surface area contributed by atoms with Gasteiger partial charge >= 0.3 is 5.97 Å². The molecule has 0 aliphatic rings. The van der Waals surface area contributed by atoms with Crippen molar-refractivity contribution in [3.05, 3.63) is 39.2 Å². The van der Waals surface area contributed by atoms with Crippen molar-refractivity contribution in [2.24, 2.45) is 0 Å². The molecule has 15 heavy (non-hydrogen) atoms. The van der Waals surface area contributed by atoms with E-state index in [1.807, 2.05) is 22.6 Å². The van der Waals surface area contributed by atoms with Crippen LogP contribution in [-0.2, 0) is 9.53 Å². The van der Waals surface area contributed by atoms with Crippen LogP contribution in [-0.4, -0.2) is 12.6 Å². The zero-order valence-corrected chi connectivity index (χ0v) is 10.3. The summed E-state index contributed by atoms with van der Waals surface area (Å²) in [5, 5.41) is 0. The van der Waals surface area contributed by atoms with Crippen molar-refractivity contribution in [3.63, 3.8) is 0 Å². The number of esters is 1. The monoisotopic (exact) mass is 320 g/mol. The zero-order valence-electron chi connectivity index (χ0n) is 8.17. The Bertz CT molecular complexity index is 368. The lowest BCUT2D eigenvalue weighted by Gasteiger charge is -1.97. The molecule has 0 saturated heterocycles. The maximum atomic E-state index is 12.9. The Labute approximate surface area is 101 Å². The molecule has 0 atom stereocenters. The Morgan fingerprint density at radius 3 is 2.87 bits per heavy atom. The SMILES string of the molecule is CCOC(=O)/C=C/c1cc(F)cc(I)c1. The van der Waals surface area contributed by atoms with Crippen molar-refractivity contribution in [1.82, 2.24) is 0 Å². The van der Waals surface area contributed by atoms with Gasteiger partial charge in [0.05, 0.1) is 6.61 Å². The van der Waals surface area contributed by atoms with Gasteiger partial charge in [0.15, 0.2) is 0 Å². The number of hydrogen-bond acceptors (Lipinski definition) is 2. The lowest BCUT2D eigenvalue weighted by atomic mass is 10.2. The van der Waals surface area contributed by atoms with Crippen LogP contribution in [0.25, 0.3) is 6.08 Å². The molecule has 0 unspecified atom stereocenters. The Morgan fingerprint density at radius 2 is 2.27 bits per heavy atom. The molecule has 1 rings (SSSR count). The summed E-state index contributed by atoms with van der Waals surface area (Å²) in [5.74, 6) is -0.734. The second-order valence-electron chi connectivity index (χ2n) is 2.79. The molecule has 4 heteroatoms. The third kappa shape index (κ3) is 4.42. The molecule has 0 fully saturated rings. The third-order valence-corrected chi connectivity index (χ3v) is 2.21. The van der Waals surface area contributed by atoms with Crippen molar-refractivity contribution in [2.75, 3.05) is 6.61 Å². The van der Waals surface area contributed by atoms with Crippen LogP contribution < -0.4 is 0 Å². The number of halogens is 2. The molecule has 0 aliphatic heterocycles. The predicted molar refractivity (Wildman–Crippen MR) is 64.8 cm³/mol. The zero-order chi connectivity index (χ0) is 11.3. The molecule has 0 N–H and O–H groups in total. The molecule has 80 valence electrons. The largest absolute Gasteiger partial charge is 0.463 e. The van der Waals surface area contributed by atoms with E-state index < -0.39 is 5.97 Å². The van der Waals surface area contributed by atoms with Gasteiger partial charge in [-0.05, 0) is 59.4 Å². The van der Waals surface area contributed by atoms with E-state index in [-0.39, 0.29) is 5.82 Å². The van der Waals surface area contributed by atoms with Crippen molar-refractivity contribution in [2.45, 2.75) is 6.92 Å². The lowest BCUT2D eigenvalue weighted by Crippen LogP contribution is -1.98. The number of benzene rings is 1. The van der Waals surface area contributed by atoms with Gasteiger partial charge in [-0.25, -0.2) is 9.18 Å². The van der Waals surface area contributed by atoms with Crippen LogP contribution in [0.2, 0.25) is 0 Å². The van der Waals surface area contributed by atoms with Gasteiger partial charge in [-0.15, -0.1) is 0 Å². The summed E-state index contributed by atoms with van der Waals surface area (Å²) < 4.78 is 18.4. The van der Waals surface area contributed by atoms with Crippen LogP contribution >= 0.6 is 22.6 Å². The van der Waals surface area contributed by atoms with E-state index in [1.165, 1.54) is 24.3 Å². The Morgan fingerprint density at radius 1 is 1.53 bits per heavy atom. The van der Waals surface area contributed by atoms with E-state index in [0.717, 1.165) is 3.57 Å². The molecule has 0 amide bonds. The highest BCUT2D eigenvalue weighted by Crippen LogP contribution is 2.12. The van der Waals surface area contributed by atoms with Gasteiger partial charge < -0.3 is 4.74 Å². The lowest BCUT2D eigenvalue weighted by molar-refractivity contribution is -0.137. The first-order chi connectivity index (χ1) is 7.11. The Balaban J connectivity index is 2.76. The third-order valence-electron chi connectivity index (χ3n) is 1.58. The standard InChI is InChI=1S/C11H10FIO2/c1-2-15-11(14)4-3-8-5-9(12)7-10(13)6-8/h3-7H,2H2,1H3/b4-3+. The van der Waals surface area contributed by atoms with Gasteiger partial charge in [-0.1, -0.05) is 0 Å². The molecule has 0 saturated carbocycles. The van der Waals surface area contributed by atoms with Crippen molar-refractivity contribution in [3.8, 4) is 0 Å². The number of carbonyl (C=O) groups excluding carboxylic acids is 1. The minimum Gasteiger partial charge on any atom is -0.463 e. The number of rotatable bonds is 3. The second kappa shape index (κ2) is 5.85. The highest BCUT2D eigenvalue weighted by atomic mass is 127. The normalized spacial score (nSPS) is 10.6. The summed E-state index contributed by atoms with van der Waals surface area (Å²) >= 11 is 2.01. The molecule has 0 aliphatic carbocycles. The summed E-state index contributed by atoms with van der Waals surface area (Å²) in [4.78, 5) is 11.0. The summed E-state index contributed by atoms with van der Waals surface area (Å²) in [5.41, 5.74) is 0.646. The van der Waals surface area contributed by atoms with E-state index in [4.69, 9.17) is 4.74 Å². The molecular weight excluding hydrogens is 310 g/mol. The van der Waals surface area contributed by atoms with Gasteiger partial charge in [-0.3, -0.25) is 0 Å². The molecule has 0 radical (unpaired) electrons. The quantitative estimate of drug-likeness (QED) is 0.486. The van der Waals surface area contributed by atoms with Crippen molar-refractivity contribution < 1.29 is 13.9 Å². The number of carbonyl (C=O) groups is 1. The molecule has 2 nitrogen and oxygen atoms in total. The molecule has 1 aromatic rings. The molecular formula is C11H10FIO2. The van der Waals surface area contributed by atoms with E-state index in [0.29, 0.717) is 12.2 Å². The van der Waals surface area contributed by atoms with Crippen molar-refractivity contribution >= 4 is 34.6 Å². The fraction of sp³-hybridized carbons (Fsp3) is 0.182. The molecule has 1 aromatic carbocycles. The first-order valence-corrected chi connectivity index (χ1v) is 5.50. The minimum atomic E-state index is -0.420. The van der Waals surface area contributed by atoms with E-state index >= 15 is 0 Å². The number of ether oxygens (including phenoxy) is 1. The Kier molecular flexibility index (Phi) is 4.74. The van der Waals surface area contributed by atoms with Gasteiger partial charge in [0, 0.05) is 9.65 Å². The Hall–Kier alpha value is -0.910. The van der Waals surface area contributed by atoms with Gasteiger partial charge in [-0.2, -0.15) is 0 Å². The topological polar surface area (TPSA) is 26.3 Å². The van der Waals surface area contributed by atoms with Crippen LogP contribution in [0.5, 0.6) is 0 Å². The van der Waals surface area contributed by atoms with E-state index in [2.05, 4.69) is 0 Å². The van der Waals surface area contributed by atoms with E-state index in [1.54, 1.807) is 13.0 Å². The number of hydrogen-bond donors (Lipinski definition) is 0.